The first-order valence-electron chi connectivity index (χ1n) is 4.47. The average molecular weight is 212 g/mol. The molecule has 0 fully saturated rings. The highest BCUT2D eigenvalue weighted by molar-refractivity contribution is 7.99. The molecule has 0 aliphatic heterocycles. The van der Waals surface area contributed by atoms with Crippen molar-refractivity contribution >= 4 is 11.8 Å². The molecule has 0 bridgehead atoms. The van der Waals surface area contributed by atoms with Crippen LogP contribution in [0, 0.1) is 0 Å². The van der Waals surface area contributed by atoms with Crippen molar-refractivity contribution in [3.63, 3.8) is 0 Å². The van der Waals surface area contributed by atoms with E-state index < -0.39 is 12.0 Å². The Balaban J connectivity index is 3.85. The molecule has 0 aromatic rings. The zero-order valence-corrected chi connectivity index (χ0v) is 9.20. The van der Waals surface area contributed by atoms with Crippen molar-refractivity contribution < 1.29 is 13.9 Å². The molecule has 0 radical (unpaired) electrons. The van der Waals surface area contributed by atoms with Crippen LogP contribution in [-0.2, 0) is 0 Å². The third kappa shape index (κ3) is 4.81. The van der Waals surface area contributed by atoms with Crippen LogP contribution in [0.4, 0.5) is 8.78 Å². The molecule has 1 N–H and O–H groups in total. The number of aliphatic hydroxyl groups is 1. The lowest BCUT2D eigenvalue weighted by molar-refractivity contribution is -0.0885. The van der Waals surface area contributed by atoms with Crippen LogP contribution in [0.25, 0.3) is 0 Å². The second-order valence-electron chi connectivity index (χ2n) is 3.46. The lowest BCUT2D eigenvalue weighted by atomic mass is 9.99. The summed E-state index contributed by atoms with van der Waals surface area (Å²) in [6.45, 7) is 3.23. The molecule has 0 amide bonds. The molecule has 0 rings (SSSR count). The van der Waals surface area contributed by atoms with Crippen molar-refractivity contribution in [1.82, 2.24) is 0 Å². The van der Waals surface area contributed by atoms with E-state index in [9.17, 15) is 13.9 Å². The van der Waals surface area contributed by atoms with Crippen LogP contribution in [0.1, 0.15) is 33.1 Å². The Hall–Kier alpha value is 0.170. The molecule has 0 saturated carbocycles. The zero-order valence-electron chi connectivity index (χ0n) is 8.39. The van der Waals surface area contributed by atoms with Gasteiger partial charge in [-0.3, -0.25) is 0 Å². The fraction of sp³-hybridized carbons (Fsp3) is 1.00. The topological polar surface area (TPSA) is 20.2 Å². The molecule has 0 aliphatic rings. The van der Waals surface area contributed by atoms with Crippen LogP contribution in [0.3, 0.4) is 0 Å². The Kier molecular flexibility index (Phi) is 5.88. The minimum absolute atomic E-state index is 0.171. The first kappa shape index (κ1) is 13.2. The molecule has 0 aromatic carbocycles. The number of rotatable bonds is 6. The van der Waals surface area contributed by atoms with Crippen LogP contribution in [-0.4, -0.2) is 28.6 Å². The van der Waals surface area contributed by atoms with Gasteiger partial charge in [-0.05, 0) is 32.4 Å². The van der Waals surface area contributed by atoms with Crippen molar-refractivity contribution in [2.45, 2.75) is 50.4 Å². The molecule has 0 heterocycles. The fourth-order valence-electron chi connectivity index (χ4n) is 1.05. The normalized spacial score (nSPS) is 18.7. The van der Waals surface area contributed by atoms with Gasteiger partial charge in [0.2, 0.25) is 0 Å². The highest BCUT2D eigenvalue weighted by Gasteiger charge is 2.32. The number of hydrogen-bond donors (Lipinski definition) is 1. The summed E-state index contributed by atoms with van der Waals surface area (Å²) < 4.78 is 24.4. The number of thioether (sulfide) groups is 1. The lowest BCUT2D eigenvalue weighted by Gasteiger charge is -2.24. The van der Waals surface area contributed by atoms with Gasteiger partial charge in [0, 0.05) is 5.25 Å². The van der Waals surface area contributed by atoms with Gasteiger partial charge in [0.15, 0.2) is 0 Å². The van der Waals surface area contributed by atoms with Crippen molar-refractivity contribution in [3.8, 4) is 0 Å². The van der Waals surface area contributed by atoms with E-state index in [-0.39, 0.29) is 6.42 Å². The first-order chi connectivity index (χ1) is 5.94. The van der Waals surface area contributed by atoms with Crippen molar-refractivity contribution in [3.05, 3.63) is 0 Å². The molecule has 0 aliphatic carbocycles. The molecule has 80 valence electrons. The maximum atomic E-state index is 12.2. The molecule has 0 saturated heterocycles. The van der Waals surface area contributed by atoms with E-state index in [4.69, 9.17) is 0 Å². The molecule has 0 spiro atoms. The van der Waals surface area contributed by atoms with E-state index in [1.165, 1.54) is 6.92 Å². The minimum atomic E-state index is -2.65. The van der Waals surface area contributed by atoms with Crippen molar-refractivity contribution in [2.75, 3.05) is 6.26 Å². The molecule has 1 nitrogen and oxygen atoms in total. The summed E-state index contributed by atoms with van der Waals surface area (Å²) in [5.74, 6) is 0. The van der Waals surface area contributed by atoms with Gasteiger partial charge in [-0.1, -0.05) is 6.92 Å². The van der Waals surface area contributed by atoms with Gasteiger partial charge in [-0.15, -0.1) is 0 Å². The molecule has 13 heavy (non-hydrogen) atoms. The van der Waals surface area contributed by atoms with Crippen LogP contribution in [0.2, 0.25) is 0 Å². The van der Waals surface area contributed by atoms with E-state index in [0.29, 0.717) is 11.7 Å². The summed E-state index contributed by atoms with van der Waals surface area (Å²) in [5.41, 5.74) is -1.82. The van der Waals surface area contributed by atoms with Crippen LogP contribution in [0.5, 0.6) is 0 Å². The summed E-state index contributed by atoms with van der Waals surface area (Å²) in [4.78, 5) is 0. The van der Waals surface area contributed by atoms with E-state index in [0.717, 1.165) is 6.42 Å². The predicted molar refractivity (Wildman–Crippen MR) is 53.5 cm³/mol. The number of alkyl halides is 2. The Labute approximate surface area is 82.9 Å². The monoisotopic (exact) mass is 212 g/mol. The predicted octanol–water partition coefficient (Wildman–Crippen LogP) is 2.92. The standard InChI is InChI=1S/C9H18F2OS/c1-4-7(13-3)5-6-9(2,12)8(10)11/h7-8,12H,4-6H2,1-3H3. The maximum absolute atomic E-state index is 12.2. The fourth-order valence-corrected chi connectivity index (χ4v) is 1.74. The van der Waals surface area contributed by atoms with Crippen molar-refractivity contribution in [2.24, 2.45) is 0 Å². The van der Waals surface area contributed by atoms with Gasteiger partial charge in [-0.25, -0.2) is 8.78 Å². The SMILES string of the molecule is CCC(CCC(C)(O)C(F)F)SC. The van der Waals surface area contributed by atoms with Gasteiger partial charge in [0.1, 0.15) is 5.60 Å². The van der Waals surface area contributed by atoms with Gasteiger partial charge in [-0.2, -0.15) is 11.8 Å². The largest absolute Gasteiger partial charge is 0.384 e. The van der Waals surface area contributed by atoms with Gasteiger partial charge >= 0.3 is 0 Å². The van der Waals surface area contributed by atoms with E-state index >= 15 is 0 Å². The summed E-state index contributed by atoms with van der Waals surface area (Å²) in [6, 6.07) is 0. The van der Waals surface area contributed by atoms with Gasteiger partial charge in [0.25, 0.3) is 6.43 Å². The smallest absolute Gasteiger partial charge is 0.266 e. The summed E-state index contributed by atoms with van der Waals surface area (Å²) in [7, 11) is 0. The summed E-state index contributed by atoms with van der Waals surface area (Å²) in [5, 5.41) is 9.65. The second kappa shape index (κ2) is 5.81. The maximum Gasteiger partial charge on any atom is 0.266 e. The van der Waals surface area contributed by atoms with Crippen LogP contribution < -0.4 is 0 Å². The highest BCUT2D eigenvalue weighted by Crippen LogP contribution is 2.25. The van der Waals surface area contributed by atoms with E-state index in [1.807, 2.05) is 13.2 Å². The van der Waals surface area contributed by atoms with Crippen molar-refractivity contribution in [1.29, 1.82) is 0 Å². The molecule has 0 aromatic heterocycles. The second-order valence-corrected chi connectivity index (χ2v) is 4.60. The van der Waals surface area contributed by atoms with Crippen LogP contribution >= 0.6 is 11.8 Å². The van der Waals surface area contributed by atoms with Gasteiger partial charge < -0.3 is 5.11 Å². The molecule has 2 atom stereocenters. The molecule has 2 unspecified atom stereocenters. The summed E-state index contributed by atoms with van der Waals surface area (Å²) in [6.07, 6.45) is 1.09. The molecule has 4 heteroatoms. The highest BCUT2D eigenvalue weighted by atomic mass is 32.2. The number of halogens is 2. The Bertz CT molecular complexity index is 136. The molecular formula is C9H18F2OS. The third-order valence-electron chi connectivity index (χ3n) is 2.23. The Morgan fingerprint density at radius 3 is 2.31 bits per heavy atom. The minimum Gasteiger partial charge on any atom is -0.384 e. The average Bonchev–Trinajstić information content (AvgIpc) is 2.06. The Morgan fingerprint density at radius 1 is 1.46 bits per heavy atom. The third-order valence-corrected chi connectivity index (χ3v) is 3.47. The zero-order chi connectivity index (χ0) is 10.5. The lowest BCUT2D eigenvalue weighted by Crippen LogP contribution is -2.34. The van der Waals surface area contributed by atoms with Gasteiger partial charge in [0.05, 0.1) is 0 Å². The Morgan fingerprint density at radius 2 is 2.00 bits per heavy atom. The number of hydrogen-bond acceptors (Lipinski definition) is 2. The quantitative estimate of drug-likeness (QED) is 0.730. The summed E-state index contributed by atoms with van der Waals surface area (Å²) >= 11 is 1.67. The first-order valence-corrected chi connectivity index (χ1v) is 5.76. The van der Waals surface area contributed by atoms with E-state index in [2.05, 4.69) is 0 Å². The van der Waals surface area contributed by atoms with Crippen LogP contribution in [0.15, 0.2) is 0 Å². The van der Waals surface area contributed by atoms with E-state index in [1.54, 1.807) is 11.8 Å². The molecular weight excluding hydrogens is 194 g/mol.